The molecule has 1 aliphatic heterocycles. The number of ether oxygens (including phenoxy) is 1. The number of amides is 1. The first kappa shape index (κ1) is 19.4. The van der Waals surface area contributed by atoms with E-state index in [0.717, 1.165) is 56.8 Å². The molecule has 2 heterocycles. The van der Waals surface area contributed by atoms with Gasteiger partial charge in [-0.15, -0.1) is 0 Å². The lowest BCUT2D eigenvalue weighted by atomic mass is 10.2. The molecule has 0 atom stereocenters. The number of carbonyl (C=O) groups excluding carboxylic acids is 1. The van der Waals surface area contributed by atoms with Gasteiger partial charge in [0.1, 0.15) is 5.75 Å². The van der Waals surface area contributed by atoms with Gasteiger partial charge in [-0.05, 0) is 30.7 Å². The van der Waals surface area contributed by atoms with Crippen LogP contribution in [-0.2, 0) is 11.3 Å². The Kier molecular flexibility index (Phi) is 6.81. The Morgan fingerprint density at radius 3 is 2.56 bits per heavy atom. The molecule has 0 saturated carbocycles. The monoisotopic (exact) mass is 372 g/mol. The summed E-state index contributed by atoms with van der Waals surface area (Å²) in [5.74, 6) is 2.26. The molecule has 0 bridgehead atoms. The number of aromatic nitrogens is 2. The number of carbonyl (C=O) groups is 1. The van der Waals surface area contributed by atoms with Gasteiger partial charge in [0.05, 0.1) is 13.7 Å². The van der Waals surface area contributed by atoms with E-state index in [1.165, 1.54) is 0 Å². The fraction of sp³-hybridized carbons (Fsp3) is 0.550. The van der Waals surface area contributed by atoms with E-state index in [1.807, 2.05) is 29.2 Å². The summed E-state index contributed by atoms with van der Waals surface area (Å²) in [5, 5.41) is 4.07. The molecule has 1 aromatic heterocycles. The summed E-state index contributed by atoms with van der Waals surface area (Å²) in [6.45, 7) is 5.97. The number of hydrogen-bond acceptors (Lipinski definition) is 6. The van der Waals surface area contributed by atoms with Crippen molar-refractivity contribution in [3.05, 3.63) is 30.2 Å². The van der Waals surface area contributed by atoms with Gasteiger partial charge in [0, 0.05) is 38.2 Å². The van der Waals surface area contributed by atoms with Crippen LogP contribution in [-0.4, -0.2) is 59.1 Å². The van der Waals surface area contributed by atoms with E-state index in [-0.39, 0.29) is 5.91 Å². The molecule has 1 aromatic carbocycles. The van der Waals surface area contributed by atoms with Crippen LogP contribution in [0.15, 0.2) is 28.8 Å². The normalized spacial score (nSPS) is 15.1. The highest BCUT2D eigenvalue weighted by Crippen LogP contribution is 2.20. The maximum atomic E-state index is 12.2. The van der Waals surface area contributed by atoms with E-state index in [1.54, 1.807) is 7.11 Å². The van der Waals surface area contributed by atoms with E-state index in [0.29, 0.717) is 24.7 Å². The molecular weight excluding hydrogens is 344 g/mol. The molecule has 0 unspecified atom stereocenters. The van der Waals surface area contributed by atoms with Crippen molar-refractivity contribution in [2.45, 2.75) is 39.2 Å². The summed E-state index contributed by atoms with van der Waals surface area (Å²) in [4.78, 5) is 20.9. The molecule has 0 spiro atoms. The molecule has 7 nitrogen and oxygen atoms in total. The predicted molar refractivity (Wildman–Crippen MR) is 102 cm³/mol. The van der Waals surface area contributed by atoms with Crippen LogP contribution in [0.25, 0.3) is 11.4 Å². The van der Waals surface area contributed by atoms with Crippen LogP contribution < -0.4 is 4.74 Å². The van der Waals surface area contributed by atoms with Gasteiger partial charge in [0.2, 0.25) is 17.6 Å². The van der Waals surface area contributed by atoms with E-state index in [9.17, 15) is 4.79 Å². The Bertz CT molecular complexity index is 721. The zero-order valence-electron chi connectivity index (χ0n) is 16.2. The number of nitrogens with zero attached hydrogens (tertiary/aromatic N) is 4. The maximum Gasteiger partial charge on any atom is 0.241 e. The number of hydrogen-bond donors (Lipinski definition) is 0. The molecule has 1 fully saturated rings. The molecule has 0 radical (unpaired) electrons. The largest absolute Gasteiger partial charge is 0.497 e. The van der Waals surface area contributed by atoms with Crippen molar-refractivity contribution in [3.63, 3.8) is 0 Å². The summed E-state index contributed by atoms with van der Waals surface area (Å²) in [7, 11) is 1.64. The number of rotatable bonds is 8. The lowest BCUT2D eigenvalue weighted by Gasteiger charge is -2.34. The van der Waals surface area contributed by atoms with Crippen LogP contribution in [0.2, 0.25) is 0 Å². The molecule has 1 saturated heterocycles. The molecule has 27 heavy (non-hydrogen) atoms. The van der Waals surface area contributed by atoms with Gasteiger partial charge in [-0.3, -0.25) is 9.69 Å². The number of methoxy groups -OCH3 is 1. The molecule has 3 rings (SSSR count). The number of unbranched alkanes of at least 4 members (excludes halogenated alkanes) is 2. The number of piperazine rings is 1. The lowest BCUT2D eigenvalue weighted by Crippen LogP contribution is -2.48. The minimum absolute atomic E-state index is 0.280. The van der Waals surface area contributed by atoms with Crippen molar-refractivity contribution < 1.29 is 14.1 Å². The van der Waals surface area contributed by atoms with Gasteiger partial charge in [-0.1, -0.05) is 24.9 Å². The van der Waals surface area contributed by atoms with Crippen LogP contribution in [0.4, 0.5) is 0 Å². The summed E-state index contributed by atoms with van der Waals surface area (Å²) < 4.78 is 10.6. The summed E-state index contributed by atoms with van der Waals surface area (Å²) in [6.07, 6.45) is 3.93. The first-order valence-electron chi connectivity index (χ1n) is 9.66. The molecular formula is C20H28N4O3. The molecule has 1 amide bonds. The van der Waals surface area contributed by atoms with Gasteiger partial charge >= 0.3 is 0 Å². The van der Waals surface area contributed by atoms with Crippen molar-refractivity contribution in [1.29, 1.82) is 0 Å². The SMILES string of the molecule is CCCCCC(=O)N1CCN(Cc2nc(-c3ccc(OC)cc3)no2)CC1. The van der Waals surface area contributed by atoms with Crippen LogP contribution >= 0.6 is 0 Å². The third-order valence-electron chi connectivity index (χ3n) is 4.89. The van der Waals surface area contributed by atoms with Crippen molar-refractivity contribution in [3.8, 4) is 17.1 Å². The second-order valence-electron chi connectivity index (χ2n) is 6.85. The van der Waals surface area contributed by atoms with Gasteiger partial charge < -0.3 is 14.2 Å². The highest BCUT2D eigenvalue weighted by atomic mass is 16.5. The molecule has 0 aliphatic carbocycles. The average molecular weight is 372 g/mol. The van der Waals surface area contributed by atoms with Crippen LogP contribution in [0, 0.1) is 0 Å². The standard InChI is InChI=1S/C20H28N4O3/c1-3-4-5-6-19(25)24-13-11-23(12-14-24)15-18-21-20(22-27-18)16-7-9-17(26-2)10-8-16/h7-10H,3-6,11-15H2,1-2H3. The van der Waals surface area contributed by atoms with E-state index >= 15 is 0 Å². The first-order chi connectivity index (χ1) is 13.2. The fourth-order valence-corrected chi connectivity index (χ4v) is 3.21. The van der Waals surface area contributed by atoms with Gasteiger partial charge in [-0.2, -0.15) is 4.98 Å². The summed E-state index contributed by atoms with van der Waals surface area (Å²) >= 11 is 0. The van der Waals surface area contributed by atoms with Crippen LogP contribution in [0.5, 0.6) is 5.75 Å². The fourth-order valence-electron chi connectivity index (χ4n) is 3.21. The highest BCUT2D eigenvalue weighted by molar-refractivity contribution is 5.76. The Hall–Kier alpha value is -2.41. The summed E-state index contributed by atoms with van der Waals surface area (Å²) in [6, 6.07) is 7.58. The van der Waals surface area contributed by atoms with E-state index < -0.39 is 0 Å². The van der Waals surface area contributed by atoms with E-state index in [2.05, 4.69) is 22.0 Å². The topological polar surface area (TPSA) is 71.7 Å². The smallest absolute Gasteiger partial charge is 0.241 e. The zero-order chi connectivity index (χ0) is 19.1. The van der Waals surface area contributed by atoms with Gasteiger partial charge in [0.25, 0.3) is 0 Å². The Morgan fingerprint density at radius 1 is 1.15 bits per heavy atom. The predicted octanol–water partition coefficient (Wildman–Crippen LogP) is 2.97. The van der Waals surface area contributed by atoms with Crippen molar-refractivity contribution >= 4 is 5.91 Å². The van der Waals surface area contributed by atoms with Gasteiger partial charge in [-0.25, -0.2) is 0 Å². The lowest BCUT2D eigenvalue weighted by molar-refractivity contribution is -0.133. The second kappa shape index (κ2) is 9.50. The highest BCUT2D eigenvalue weighted by Gasteiger charge is 2.22. The molecule has 2 aromatic rings. The van der Waals surface area contributed by atoms with Crippen molar-refractivity contribution in [2.24, 2.45) is 0 Å². The number of benzene rings is 1. The zero-order valence-corrected chi connectivity index (χ0v) is 16.2. The third kappa shape index (κ3) is 5.29. The minimum atomic E-state index is 0.280. The third-order valence-corrected chi connectivity index (χ3v) is 4.89. The van der Waals surface area contributed by atoms with E-state index in [4.69, 9.17) is 9.26 Å². The molecule has 1 aliphatic rings. The maximum absolute atomic E-state index is 12.2. The van der Waals surface area contributed by atoms with Crippen molar-refractivity contribution in [1.82, 2.24) is 19.9 Å². The molecule has 146 valence electrons. The van der Waals surface area contributed by atoms with Crippen molar-refractivity contribution in [2.75, 3.05) is 33.3 Å². The Labute approximate surface area is 160 Å². The van der Waals surface area contributed by atoms with Crippen LogP contribution in [0.1, 0.15) is 38.5 Å². The Morgan fingerprint density at radius 2 is 1.89 bits per heavy atom. The van der Waals surface area contributed by atoms with Crippen LogP contribution in [0.3, 0.4) is 0 Å². The second-order valence-corrected chi connectivity index (χ2v) is 6.85. The summed E-state index contributed by atoms with van der Waals surface area (Å²) in [5.41, 5.74) is 0.897. The van der Waals surface area contributed by atoms with Gasteiger partial charge in [0.15, 0.2) is 0 Å². The minimum Gasteiger partial charge on any atom is -0.497 e. The quantitative estimate of drug-likeness (QED) is 0.664. The first-order valence-corrected chi connectivity index (χ1v) is 9.66. The molecule has 0 N–H and O–H groups in total. The average Bonchev–Trinajstić information content (AvgIpc) is 3.17. The Balaban J connectivity index is 1.48. The molecule has 7 heteroatoms.